The minimum atomic E-state index is 0.0897. The first kappa shape index (κ1) is 9.36. The van der Waals surface area contributed by atoms with Gasteiger partial charge in [-0.15, -0.1) is 0 Å². The van der Waals surface area contributed by atoms with E-state index in [0.29, 0.717) is 0 Å². The molecule has 0 radical (unpaired) electrons. The van der Waals surface area contributed by atoms with Gasteiger partial charge >= 0.3 is 6.03 Å². The van der Waals surface area contributed by atoms with Gasteiger partial charge in [-0.25, -0.2) is 4.79 Å². The van der Waals surface area contributed by atoms with E-state index in [0.717, 1.165) is 25.6 Å². The first-order chi connectivity index (χ1) is 5.77. The third-order valence-corrected chi connectivity index (χ3v) is 2.17. The van der Waals surface area contributed by atoms with Gasteiger partial charge in [0.25, 0.3) is 0 Å². The van der Waals surface area contributed by atoms with Gasteiger partial charge in [0.15, 0.2) is 0 Å². The number of nitrogens with one attached hydrogen (secondary N) is 1. The molecule has 2 amide bonds. The highest BCUT2D eigenvalue weighted by Crippen LogP contribution is 2.29. The molecule has 1 saturated carbocycles. The predicted octanol–water partition coefficient (Wildman–Crippen LogP) is 1.45. The van der Waals surface area contributed by atoms with E-state index in [4.69, 9.17) is 0 Å². The van der Waals surface area contributed by atoms with Crippen LogP contribution in [0.25, 0.3) is 0 Å². The molecular formula is C9H18N2O. The maximum Gasteiger partial charge on any atom is 0.317 e. The molecule has 0 atom stereocenters. The van der Waals surface area contributed by atoms with Gasteiger partial charge in [0.05, 0.1) is 0 Å². The van der Waals surface area contributed by atoms with Crippen molar-refractivity contribution in [3.05, 3.63) is 0 Å². The van der Waals surface area contributed by atoms with Gasteiger partial charge < -0.3 is 10.2 Å². The topological polar surface area (TPSA) is 32.3 Å². The Labute approximate surface area is 74.1 Å². The molecule has 0 spiro atoms. The Morgan fingerprint density at radius 1 is 1.50 bits per heavy atom. The minimum Gasteiger partial charge on any atom is -0.338 e. The van der Waals surface area contributed by atoms with Crippen LogP contribution in [-0.2, 0) is 0 Å². The van der Waals surface area contributed by atoms with E-state index < -0.39 is 0 Å². The maximum absolute atomic E-state index is 11.4. The number of hydrogen-bond acceptors (Lipinski definition) is 1. The molecule has 3 heteroatoms. The van der Waals surface area contributed by atoms with Crippen molar-refractivity contribution in [3.63, 3.8) is 0 Å². The SMILES string of the molecule is CCNC(=O)N(CC)CC1CC1. The van der Waals surface area contributed by atoms with Crippen molar-refractivity contribution in [2.45, 2.75) is 26.7 Å². The molecule has 0 saturated heterocycles. The second-order valence-electron chi connectivity index (χ2n) is 3.32. The lowest BCUT2D eigenvalue weighted by molar-refractivity contribution is 0.199. The number of carbonyl (C=O) groups excluding carboxylic acids is 1. The van der Waals surface area contributed by atoms with Crippen LogP contribution in [0.4, 0.5) is 4.79 Å². The fraction of sp³-hybridized carbons (Fsp3) is 0.889. The molecule has 3 nitrogen and oxygen atoms in total. The third kappa shape index (κ3) is 2.72. The minimum absolute atomic E-state index is 0.0897. The fourth-order valence-corrected chi connectivity index (χ4v) is 1.23. The fourth-order valence-electron chi connectivity index (χ4n) is 1.23. The summed E-state index contributed by atoms with van der Waals surface area (Å²) < 4.78 is 0. The van der Waals surface area contributed by atoms with Gasteiger partial charge in [-0.3, -0.25) is 0 Å². The Morgan fingerprint density at radius 2 is 2.17 bits per heavy atom. The van der Waals surface area contributed by atoms with Crippen LogP contribution in [0.1, 0.15) is 26.7 Å². The van der Waals surface area contributed by atoms with Crippen molar-refractivity contribution in [3.8, 4) is 0 Å². The monoisotopic (exact) mass is 170 g/mol. The lowest BCUT2D eigenvalue weighted by Gasteiger charge is -2.20. The summed E-state index contributed by atoms with van der Waals surface area (Å²) in [5.74, 6) is 0.785. The molecule has 0 bridgehead atoms. The Morgan fingerprint density at radius 3 is 2.58 bits per heavy atom. The molecule has 1 aliphatic rings. The predicted molar refractivity (Wildman–Crippen MR) is 49.0 cm³/mol. The van der Waals surface area contributed by atoms with Crippen LogP contribution in [0.3, 0.4) is 0 Å². The number of rotatable bonds is 4. The zero-order valence-electron chi connectivity index (χ0n) is 7.97. The van der Waals surface area contributed by atoms with Crippen molar-refractivity contribution in [2.75, 3.05) is 19.6 Å². The summed E-state index contributed by atoms with van der Waals surface area (Å²) in [5.41, 5.74) is 0. The van der Waals surface area contributed by atoms with E-state index in [-0.39, 0.29) is 6.03 Å². The van der Waals surface area contributed by atoms with Crippen LogP contribution in [-0.4, -0.2) is 30.6 Å². The van der Waals surface area contributed by atoms with Crippen LogP contribution >= 0.6 is 0 Å². The summed E-state index contributed by atoms with van der Waals surface area (Å²) in [5, 5.41) is 2.82. The van der Waals surface area contributed by atoms with E-state index in [1.165, 1.54) is 12.8 Å². The zero-order chi connectivity index (χ0) is 8.97. The van der Waals surface area contributed by atoms with Gasteiger partial charge in [0.2, 0.25) is 0 Å². The van der Waals surface area contributed by atoms with Gasteiger partial charge in [-0.05, 0) is 32.6 Å². The highest BCUT2D eigenvalue weighted by atomic mass is 16.2. The smallest absolute Gasteiger partial charge is 0.317 e. The van der Waals surface area contributed by atoms with Gasteiger partial charge in [0.1, 0.15) is 0 Å². The molecule has 0 aromatic heterocycles. The summed E-state index contributed by atoms with van der Waals surface area (Å²) >= 11 is 0. The van der Waals surface area contributed by atoms with Crippen LogP contribution in [0.2, 0.25) is 0 Å². The first-order valence-corrected chi connectivity index (χ1v) is 4.80. The molecule has 70 valence electrons. The molecule has 1 fully saturated rings. The Kier molecular flexibility index (Phi) is 3.38. The van der Waals surface area contributed by atoms with Crippen molar-refractivity contribution >= 4 is 6.03 Å². The van der Waals surface area contributed by atoms with Crippen LogP contribution in [0, 0.1) is 5.92 Å². The van der Waals surface area contributed by atoms with Crippen LogP contribution in [0.5, 0.6) is 0 Å². The molecule has 0 unspecified atom stereocenters. The Hall–Kier alpha value is -0.730. The zero-order valence-corrected chi connectivity index (χ0v) is 7.97. The number of nitrogens with zero attached hydrogens (tertiary/aromatic N) is 1. The summed E-state index contributed by atoms with van der Waals surface area (Å²) in [6.07, 6.45) is 2.60. The average Bonchev–Trinajstić information content (AvgIpc) is 2.84. The molecule has 1 N–H and O–H groups in total. The lowest BCUT2D eigenvalue weighted by atomic mass is 10.4. The van der Waals surface area contributed by atoms with Gasteiger partial charge in [-0.2, -0.15) is 0 Å². The second-order valence-corrected chi connectivity index (χ2v) is 3.32. The Balaban J connectivity index is 2.26. The van der Waals surface area contributed by atoms with Crippen LogP contribution < -0.4 is 5.32 Å². The van der Waals surface area contributed by atoms with Crippen molar-refractivity contribution < 1.29 is 4.79 Å². The van der Waals surface area contributed by atoms with E-state index in [1.54, 1.807) is 0 Å². The molecule has 1 aliphatic carbocycles. The number of hydrogen-bond donors (Lipinski definition) is 1. The highest BCUT2D eigenvalue weighted by molar-refractivity contribution is 5.74. The normalized spacial score (nSPS) is 15.8. The van der Waals surface area contributed by atoms with Crippen molar-refractivity contribution in [1.82, 2.24) is 10.2 Å². The van der Waals surface area contributed by atoms with E-state index in [9.17, 15) is 4.79 Å². The molecular weight excluding hydrogens is 152 g/mol. The standard InChI is InChI=1S/C9H18N2O/c1-3-10-9(12)11(4-2)7-8-5-6-8/h8H,3-7H2,1-2H3,(H,10,12). The van der Waals surface area contributed by atoms with Crippen molar-refractivity contribution in [2.24, 2.45) is 5.92 Å². The van der Waals surface area contributed by atoms with E-state index in [1.807, 2.05) is 18.7 Å². The summed E-state index contributed by atoms with van der Waals surface area (Å²) in [4.78, 5) is 13.2. The van der Waals surface area contributed by atoms with Gasteiger partial charge in [-0.1, -0.05) is 0 Å². The highest BCUT2D eigenvalue weighted by Gasteiger charge is 2.25. The quantitative estimate of drug-likeness (QED) is 0.680. The molecule has 0 aliphatic heterocycles. The molecule has 0 heterocycles. The molecule has 12 heavy (non-hydrogen) atoms. The summed E-state index contributed by atoms with van der Waals surface area (Å²) in [7, 11) is 0. The third-order valence-electron chi connectivity index (χ3n) is 2.17. The van der Waals surface area contributed by atoms with E-state index >= 15 is 0 Å². The maximum atomic E-state index is 11.4. The lowest BCUT2D eigenvalue weighted by Crippen LogP contribution is -2.40. The summed E-state index contributed by atoms with van der Waals surface area (Å²) in [6, 6.07) is 0.0897. The van der Waals surface area contributed by atoms with Crippen LogP contribution in [0.15, 0.2) is 0 Å². The average molecular weight is 170 g/mol. The number of amides is 2. The molecule has 0 aromatic rings. The van der Waals surface area contributed by atoms with E-state index in [2.05, 4.69) is 5.32 Å². The second kappa shape index (κ2) is 4.33. The Bertz CT molecular complexity index is 155. The summed E-state index contributed by atoms with van der Waals surface area (Å²) in [6.45, 7) is 6.46. The van der Waals surface area contributed by atoms with Crippen molar-refractivity contribution in [1.29, 1.82) is 0 Å². The van der Waals surface area contributed by atoms with Gasteiger partial charge in [0, 0.05) is 19.6 Å². The first-order valence-electron chi connectivity index (χ1n) is 4.80. The largest absolute Gasteiger partial charge is 0.338 e. The number of urea groups is 1. The number of carbonyl (C=O) groups is 1. The molecule has 1 rings (SSSR count). The molecule has 0 aromatic carbocycles.